The molecule has 3 aromatic rings. The van der Waals surface area contributed by atoms with Crippen LogP contribution >= 0.6 is 35.3 Å². The summed E-state index contributed by atoms with van der Waals surface area (Å²) in [7, 11) is 0. The molecule has 0 spiro atoms. The fraction of sp³-hybridized carbons (Fsp3) is 0.265. The minimum absolute atomic E-state index is 0.114. The number of hydrogen-bond donors (Lipinski definition) is 0. The molecule has 206 valence electrons. The third-order valence-electron chi connectivity index (χ3n) is 6.97. The molecule has 6 heteroatoms. The highest BCUT2D eigenvalue weighted by atomic mass is 32.2. The van der Waals surface area contributed by atoms with Gasteiger partial charge in [0.1, 0.15) is 0 Å². The highest BCUT2D eigenvalue weighted by Gasteiger charge is 2.39. The summed E-state index contributed by atoms with van der Waals surface area (Å²) < 4.78 is 0. The van der Waals surface area contributed by atoms with Crippen LogP contribution in [0.3, 0.4) is 0 Å². The maximum absolute atomic E-state index is 11.6. The van der Waals surface area contributed by atoms with Crippen LogP contribution in [0.25, 0.3) is 0 Å². The average Bonchev–Trinajstić information content (AvgIpc) is 2.96. The van der Waals surface area contributed by atoms with Gasteiger partial charge in [0.05, 0.1) is 5.41 Å². The Balaban J connectivity index is 1.86. The minimum atomic E-state index is -0.518. The highest BCUT2D eigenvalue weighted by molar-refractivity contribution is 8.13. The summed E-state index contributed by atoms with van der Waals surface area (Å²) in [5, 5.41) is 0.343. The molecule has 0 aromatic heterocycles. The van der Waals surface area contributed by atoms with E-state index in [2.05, 4.69) is 91.0 Å². The van der Waals surface area contributed by atoms with E-state index in [0.717, 1.165) is 29.5 Å². The zero-order chi connectivity index (χ0) is 28.5. The second-order valence-corrected chi connectivity index (χ2v) is 13.3. The molecule has 0 aliphatic heterocycles. The van der Waals surface area contributed by atoms with E-state index in [4.69, 9.17) is 0 Å². The molecule has 0 radical (unpaired) electrons. The minimum Gasteiger partial charge on any atom is -0.288 e. The number of hydrogen-bond acceptors (Lipinski definition) is 6. The summed E-state index contributed by atoms with van der Waals surface area (Å²) in [5.74, 6) is 1.96. The van der Waals surface area contributed by atoms with Gasteiger partial charge in [-0.3, -0.25) is 14.4 Å². The molecule has 0 bridgehead atoms. The molecule has 40 heavy (non-hydrogen) atoms. The first-order chi connectivity index (χ1) is 19.3. The fourth-order valence-corrected chi connectivity index (χ4v) is 6.76. The van der Waals surface area contributed by atoms with E-state index >= 15 is 0 Å². The Morgan fingerprint density at radius 3 is 1.20 bits per heavy atom. The van der Waals surface area contributed by atoms with Crippen molar-refractivity contribution in [2.45, 2.75) is 56.3 Å². The van der Waals surface area contributed by atoms with Crippen LogP contribution in [0.15, 0.2) is 96.6 Å². The Labute approximate surface area is 250 Å². The molecule has 0 heterocycles. The van der Waals surface area contributed by atoms with E-state index in [1.54, 1.807) is 20.8 Å². The Bertz CT molecular complexity index is 1250. The van der Waals surface area contributed by atoms with Gasteiger partial charge in [0.15, 0.2) is 15.3 Å². The second-order valence-electron chi connectivity index (χ2n) is 9.82. The van der Waals surface area contributed by atoms with E-state index in [1.165, 1.54) is 57.5 Å². The van der Waals surface area contributed by atoms with Crippen LogP contribution in [0.4, 0.5) is 0 Å². The fourth-order valence-electron chi connectivity index (χ4n) is 5.07. The molecule has 4 rings (SSSR count). The molecule has 0 N–H and O–H groups in total. The monoisotopic (exact) mass is 586 g/mol. The van der Waals surface area contributed by atoms with Crippen molar-refractivity contribution >= 4 is 50.6 Å². The molecule has 1 aliphatic carbocycles. The Morgan fingerprint density at radius 1 is 0.575 bits per heavy atom. The zero-order valence-electron chi connectivity index (χ0n) is 23.1. The van der Waals surface area contributed by atoms with Crippen LogP contribution in [0.1, 0.15) is 67.0 Å². The molecule has 0 fully saturated rings. The Kier molecular flexibility index (Phi) is 10.7. The van der Waals surface area contributed by atoms with Crippen molar-refractivity contribution in [3.05, 3.63) is 130 Å². The number of carbonyl (C=O) groups is 3. The first kappa shape index (κ1) is 30.2. The van der Waals surface area contributed by atoms with Gasteiger partial charge in [0.25, 0.3) is 0 Å². The first-order valence-electron chi connectivity index (χ1n) is 13.3. The van der Waals surface area contributed by atoms with Crippen LogP contribution in [0.2, 0.25) is 0 Å². The molecule has 3 nitrogen and oxygen atoms in total. The third kappa shape index (κ3) is 7.48. The van der Waals surface area contributed by atoms with E-state index in [-0.39, 0.29) is 15.3 Å². The maximum Gasteiger partial charge on any atom is 0.186 e. The van der Waals surface area contributed by atoms with Crippen LogP contribution in [-0.2, 0) is 37.1 Å². The van der Waals surface area contributed by atoms with Crippen LogP contribution in [0, 0.1) is 0 Å². The van der Waals surface area contributed by atoms with Gasteiger partial charge >= 0.3 is 0 Å². The molecule has 0 saturated carbocycles. The lowest BCUT2D eigenvalue weighted by molar-refractivity contribution is -0.109. The van der Waals surface area contributed by atoms with E-state index in [9.17, 15) is 14.4 Å². The van der Waals surface area contributed by atoms with Crippen molar-refractivity contribution in [2.24, 2.45) is 0 Å². The van der Waals surface area contributed by atoms with E-state index in [0.29, 0.717) is 17.3 Å². The lowest BCUT2D eigenvalue weighted by Gasteiger charge is -2.39. The summed E-state index contributed by atoms with van der Waals surface area (Å²) in [6, 6.07) is 26.0. The van der Waals surface area contributed by atoms with Crippen molar-refractivity contribution in [2.75, 3.05) is 0 Å². The predicted molar refractivity (Wildman–Crippen MR) is 172 cm³/mol. The van der Waals surface area contributed by atoms with Crippen molar-refractivity contribution in [1.29, 1.82) is 0 Å². The zero-order valence-corrected chi connectivity index (χ0v) is 25.6. The number of benzene rings is 3. The molecule has 0 saturated heterocycles. The van der Waals surface area contributed by atoms with Gasteiger partial charge in [-0.1, -0.05) is 132 Å². The summed E-state index contributed by atoms with van der Waals surface area (Å²) in [5.41, 5.74) is 7.65. The van der Waals surface area contributed by atoms with Gasteiger partial charge < -0.3 is 0 Å². The number of carbonyl (C=O) groups excluding carboxylic acids is 3. The lowest BCUT2D eigenvalue weighted by Crippen LogP contribution is -2.32. The van der Waals surface area contributed by atoms with Gasteiger partial charge in [0.2, 0.25) is 0 Å². The molecule has 3 aromatic carbocycles. The topological polar surface area (TPSA) is 51.2 Å². The van der Waals surface area contributed by atoms with Gasteiger partial charge in [-0.25, -0.2) is 0 Å². The maximum atomic E-state index is 11.6. The Hall–Kier alpha value is -2.80. The van der Waals surface area contributed by atoms with Crippen molar-refractivity contribution in [3.63, 3.8) is 0 Å². The third-order valence-corrected chi connectivity index (χ3v) is 9.63. The summed E-state index contributed by atoms with van der Waals surface area (Å²) >= 11 is 3.97. The SMILES string of the molecule is CC(=O)SCc1ccc(C(C2=CCC=CC2)(c2ccc(CSC(C)=O)cc2)c2ccc(CSC(C)=O)cc2)cc1. The number of thioether (sulfide) groups is 3. The van der Waals surface area contributed by atoms with Crippen molar-refractivity contribution in [3.8, 4) is 0 Å². The van der Waals surface area contributed by atoms with Crippen LogP contribution < -0.4 is 0 Å². The summed E-state index contributed by atoms with van der Waals surface area (Å²) in [6.45, 7) is 4.80. The summed E-state index contributed by atoms with van der Waals surface area (Å²) in [6.07, 6.45) is 8.52. The number of rotatable bonds is 10. The van der Waals surface area contributed by atoms with Gasteiger partial charge in [-0.2, -0.15) is 0 Å². The lowest BCUT2D eigenvalue weighted by atomic mass is 9.63. The quantitative estimate of drug-likeness (QED) is 0.175. The predicted octanol–water partition coefficient (Wildman–Crippen LogP) is 8.64. The van der Waals surface area contributed by atoms with Crippen molar-refractivity contribution < 1.29 is 14.4 Å². The second kappa shape index (κ2) is 14.2. The standard InChI is InChI=1S/C34H34O3S3/c1-24(35)38-21-27-9-15-31(16-10-27)34(30-7-5-4-6-8-30,32-17-11-28(12-18-32)22-39-25(2)36)33-19-13-29(14-20-33)23-40-26(3)37/h4-5,8-20H,6-7,21-23H2,1-3H3. The highest BCUT2D eigenvalue weighted by Crippen LogP contribution is 2.48. The van der Waals surface area contributed by atoms with Gasteiger partial charge in [-0.05, 0) is 46.2 Å². The molecule has 0 atom stereocenters. The van der Waals surface area contributed by atoms with Crippen LogP contribution in [0.5, 0.6) is 0 Å². The van der Waals surface area contributed by atoms with Crippen molar-refractivity contribution in [1.82, 2.24) is 0 Å². The number of allylic oxidation sites excluding steroid dienone is 4. The molecule has 0 amide bonds. The van der Waals surface area contributed by atoms with Gasteiger partial charge in [0, 0.05) is 38.0 Å². The normalized spacial score (nSPS) is 13.1. The molecule has 1 aliphatic rings. The largest absolute Gasteiger partial charge is 0.288 e. The average molecular weight is 587 g/mol. The van der Waals surface area contributed by atoms with Crippen LogP contribution in [-0.4, -0.2) is 15.3 Å². The smallest absolute Gasteiger partial charge is 0.186 e. The Morgan fingerprint density at radius 2 is 0.925 bits per heavy atom. The van der Waals surface area contributed by atoms with Gasteiger partial charge in [-0.15, -0.1) is 0 Å². The first-order valence-corrected chi connectivity index (χ1v) is 16.3. The summed E-state index contributed by atoms with van der Waals surface area (Å²) in [4.78, 5) is 34.7. The molecular weight excluding hydrogens is 553 g/mol. The van der Waals surface area contributed by atoms with E-state index < -0.39 is 5.41 Å². The van der Waals surface area contributed by atoms with E-state index in [1.807, 2.05) is 0 Å². The molecule has 0 unspecified atom stereocenters. The molecular formula is C34H34O3S3.